The Hall–Kier alpha value is -1.00. The van der Waals surface area contributed by atoms with E-state index in [-0.39, 0.29) is 18.9 Å². The molecule has 0 aliphatic rings. The van der Waals surface area contributed by atoms with Gasteiger partial charge in [-0.1, -0.05) is 114 Å². The summed E-state index contributed by atoms with van der Waals surface area (Å²) in [4.78, 5) is 21.4. The van der Waals surface area contributed by atoms with Crippen molar-refractivity contribution in [1.29, 1.82) is 0 Å². The number of primary amides is 2. The molecular formula is C38H89N5O7P2+2. The van der Waals surface area contributed by atoms with Gasteiger partial charge in [-0.2, -0.15) is 0 Å². The van der Waals surface area contributed by atoms with E-state index in [1.165, 1.54) is 178 Å². The molecule has 2 amide bonds. The van der Waals surface area contributed by atoms with Crippen LogP contribution >= 0.6 is 15.2 Å². The number of nitrogens with two attached hydrogens (primary N) is 2. The largest absolute Gasteiger partial charge is 0.425 e. The van der Waals surface area contributed by atoms with Gasteiger partial charge in [0.2, 0.25) is 0 Å². The lowest BCUT2D eigenvalue weighted by atomic mass is 10.1. The average molecular weight is 790 g/mol. The molecule has 0 aromatic rings. The summed E-state index contributed by atoms with van der Waals surface area (Å²) in [5.41, 5.74) is 8.04. The van der Waals surface area contributed by atoms with Crippen molar-refractivity contribution < 1.29 is 41.0 Å². The highest BCUT2D eigenvalue weighted by molar-refractivity contribution is 7.78. The molecule has 7 N–H and O–H groups in total. The maximum absolute atomic E-state index is 11.8. The highest BCUT2D eigenvalue weighted by atomic mass is 31.3. The minimum Gasteiger partial charge on any atom is -0.375 e. The second-order valence-electron chi connectivity index (χ2n) is 14.0. The molecule has 52 heavy (non-hydrogen) atoms. The fraction of sp³-hybridized carbons (Fsp3) is 0.947. The van der Waals surface area contributed by atoms with Gasteiger partial charge in [-0.25, -0.2) is 18.2 Å². The van der Waals surface area contributed by atoms with Gasteiger partial charge in [0.1, 0.15) is 0 Å². The van der Waals surface area contributed by atoms with Crippen molar-refractivity contribution >= 4 is 26.9 Å². The van der Waals surface area contributed by atoms with Crippen molar-refractivity contribution in [2.75, 3.05) is 65.1 Å². The number of hydrogen-bond acceptors (Lipinski definition) is 8. The number of carbonyl (C=O) groups is 2. The Morgan fingerprint density at radius 3 is 0.904 bits per heavy atom. The van der Waals surface area contributed by atoms with Crippen molar-refractivity contribution in [2.24, 2.45) is 11.5 Å². The van der Waals surface area contributed by atoms with E-state index in [4.69, 9.17) is 5.73 Å². The monoisotopic (exact) mass is 790 g/mol. The zero-order valence-electron chi connectivity index (χ0n) is 35.9. The fourth-order valence-electron chi connectivity index (χ4n) is 6.03. The molecule has 14 heteroatoms. The first-order valence-corrected chi connectivity index (χ1v) is 24.0. The number of nitrogens with zero attached hydrogens (tertiary/aromatic N) is 2. The van der Waals surface area contributed by atoms with Crippen LogP contribution in [0.4, 0.5) is 9.59 Å². The van der Waals surface area contributed by atoms with Gasteiger partial charge in [-0.05, 0) is 58.3 Å². The summed E-state index contributed by atoms with van der Waals surface area (Å²) in [6.45, 7) is 32.6. The molecule has 2 atom stereocenters. The molecule has 2 unspecified atom stereocenters. The summed E-state index contributed by atoms with van der Waals surface area (Å²) >= 11 is 0. The molecule has 0 fully saturated rings. The van der Waals surface area contributed by atoms with Crippen LogP contribution in [0.1, 0.15) is 172 Å². The van der Waals surface area contributed by atoms with Gasteiger partial charge in [0, 0.05) is 0 Å². The summed E-state index contributed by atoms with van der Waals surface area (Å²) in [6, 6.07) is 0. The topological polar surface area (TPSA) is 183 Å². The fourth-order valence-corrected chi connectivity index (χ4v) is 9.31. The van der Waals surface area contributed by atoms with E-state index in [0.717, 1.165) is 0 Å². The Morgan fingerprint density at radius 1 is 0.500 bits per heavy atom. The van der Waals surface area contributed by atoms with E-state index >= 15 is 0 Å². The lowest BCUT2D eigenvalue weighted by molar-refractivity contribution is -0.929. The van der Waals surface area contributed by atoms with Crippen molar-refractivity contribution in [3.63, 3.8) is 0 Å². The van der Waals surface area contributed by atoms with Crippen LogP contribution in [0.5, 0.6) is 0 Å². The van der Waals surface area contributed by atoms with E-state index in [1.807, 2.05) is 0 Å². The summed E-state index contributed by atoms with van der Waals surface area (Å²) in [5, 5.41) is 0. The number of amides is 2. The predicted molar refractivity (Wildman–Crippen MR) is 222 cm³/mol. The molecule has 0 saturated carbocycles. The number of unbranched alkanes of at least 4 members (excludes halogenated alkanes) is 8. The van der Waals surface area contributed by atoms with E-state index in [0.29, 0.717) is 0 Å². The third-order valence-corrected chi connectivity index (χ3v) is 13.5. The van der Waals surface area contributed by atoms with Crippen molar-refractivity contribution in [3.05, 3.63) is 0 Å². The van der Waals surface area contributed by atoms with Crippen molar-refractivity contribution in [1.82, 2.24) is 6.15 Å². The summed E-state index contributed by atoms with van der Waals surface area (Å²) < 4.78 is 39.6. The summed E-state index contributed by atoms with van der Waals surface area (Å²) in [7, 11) is -8.57. The minimum atomic E-state index is -4.44. The van der Waals surface area contributed by atoms with Gasteiger partial charge in [0.25, 0.3) is 0 Å². The third-order valence-electron chi connectivity index (χ3n) is 9.31. The molecular weight excluding hydrogens is 700 g/mol. The molecule has 0 spiro atoms. The van der Waals surface area contributed by atoms with Gasteiger partial charge < -0.3 is 35.6 Å². The minimum absolute atomic E-state index is 0. The van der Waals surface area contributed by atoms with E-state index in [2.05, 4.69) is 74.5 Å². The number of quaternary nitrogens is 2. The van der Waals surface area contributed by atoms with Gasteiger partial charge in [-0.15, -0.1) is 0 Å². The molecule has 0 bridgehead atoms. The van der Waals surface area contributed by atoms with Crippen LogP contribution in [0.25, 0.3) is 0 Å². The standard InChI is InChI=1S/2C16H36N.C6H14N2O7P2.H3N/c2*1-5-9-13-17(14-10-6-2,15-11-7-3)16-12-8-4;1-3-13-17(12,6(8)10)15-16(11,4-2)14-5(7)9;/h2*5-16H2,1-4H3;3-4H2,1-2H3,(H2,7,9)(H2,8,10);1H3/q2*+1;;. The van der Waals surface area contributed by atoms with Crippen LogP contribution in [-0.2, 0) is 22.5 Å². The quantitative estimate of drug-likeness (QED) is 0.0458. The third kappa shape index (κ3) is 28.4. The highest BCUT2D eigenvalue weighted by Gasteiger charge is 2.42. The first-order chi connectivity index (χ1) is 24.2. The Balaban J connectivity index is -0.000000329. The molecule has 0 heterocycles. The zero-order chi connectivity index (χ0) is 39.7. The molecule has 0 aromatic carbocycles. The van der Waals surface area contributed by atoms with Crippen LogP contribution in [0, 0.1) is 0 Å². The van der Waals surface area contributed by atoms with Gasteiger partial charge in [-0.3, -0.25) is 4.79 Å². The van der Waals surface area contributed by atoms with E-state index < -0.39 is 26.9 Å². The van der Waals surface area contributed by atoms with E-state index in [9.17, 15) is 18.7 Å². The molecule has 0 aliphatic heterocycles. The lowest BCUT2D eigenvalue weighted by Crippen LogP contribution is -2.50. The summed E-state index contributed by atoms with van der Waals surface area (Å²) in [5.74, 6) is 0. The van der Waals surface area contributed by atoms with E-state index in [1.54, 1.807) is 0 Å². The Bertz CT molecular complexity index is 832. The average Bonchev–Trinajstić information content (AvgIpc) is 3.10. The first kappa shape index (κ1) is 57.7. The molecule has 0 saturated heterocycles. The smallest absolute Gasteiger partial charge is 0.375 e. The predicted octanol–water partition coefficient (Wildman–Crippen LogP) is 11.8. The van der Waals surface area contributed by atoms with Crippen LogP contribution in [0.15, 0.2) is 0 Å². The second kappa shape index (κ2) is 35.7. The number of hydrogen-bond donors (Lipinski definition) is 3. The molecule has 0 aromatic heterocycles. The Morgan fingerprint density at radius 2 is 0.750 bits per heavy atom. The van der Waals surface area contributed by atoms with Gasteiger partial charge in [0.15, 0.2) is 0 Å². The van der Waals surface area contributed by atoms with Gasteiger partial charge >= 0.3 is 26.9 Å². The van der Waals surface area contributed by atoms with Crippen LogP contribution in [0.2, 0.25) is 0 Å². The zero-order valence-corrected chi connectivity index (χ0v) is 37.7. The normalized spacial score (nSPS) is 13.7. The molecule has 0 aliphatic carbocycles. The molecule has 316 valence electrons. The van der Waals surface area contributed by atoms with Gasteiger partial charge in [0.05, 0.1) is 65.1 Å². The molecule has 0 radical (unpaired) electrons. The number of rotatable bonds is 31. The maximum Gasteiger partial charge on any atom is 0.425 e. The molecule has 0 rings (SSSR count). The first-order valence-electron chi connectivity index (χ1n) is 20.7. The van der Waals surface area contributed by atoms with Crippen molar-refractivity contribution in [3.8, 4) is 0 Å². The summed E-state index contributed by atoms with van der Waals surface area (Å²) in [6.07, 6.45) is 20.4. The SMILES string of the molecule is CCCC[N+](CCCC)(CCCC)CCCC.CCCC[N+](CCCC)(CCCC)CCCC.CCOP(=O)(OP(=O)(CC)OC(N)=O)C(N)=O.N. The second-order valence-corrected chi connectivity index (χ2v) is 18.4. The van der Waals surface area contributed by atoms with Crippen LogP contribution < -0.4 is 17.6 Å². The highest BCUT2D eigenvalue weighted by Crippen LogP contribution is 2.64. The number of carbonyl (C=O) groups excluding carboxylic acids is 2. The maximum atomic E-state index is 11.8. The van der Waals surface area contributed by atoms with Crippen LogP contribution in [0.3, 0.4) is 0 Å². The van der Waals surface area contributed by atoms with Crippen LogP contribution in [-0.4, -0.2) is 85.8 Å². The lowest BCUT2D eigenvalue weighted by Gasteiger charge is -2.39. The van der Waals surface area contributed by atoms with Crippen molar-refractivity contribution in [2.45, 2.75) is 172 Å². The Kier molecular flexibility index (Phi) is 39.6. The Labute approximate surface area is 322 Å². The molecule has 12 nitrogen and oxygen atoms in total.